The van der Waals surface area contributed by atoms with Gasteiger partial charge in [-0.3, -0.25) is 4.79 Å². The summed E-state index contributed by atoms with van der Waals surface area (Å²) in [7, 11) is 1.60. The van der Waals surface area contributed by atoms with E-state index < -0.39 is 0 Å². The van der Waals surface area contributed by atoms with E-state index in [0.29, 0.717) is 18.1 Å². The maximum Gasteiger partial charge on any atom is 0.244 e. The highest BCUT2D eigenvalue weighted by molar-refractivity contribution is 5.91. The van der Waals surface area contributed by atoms with Crippen molar-refractivity contribution in [3.63, 3.8) is 0 Å². The lowest BCUT2D eigenvalue weighted by atomic mass is 10.2. The van der Waals surface area contributed by atoms with Gasteiger partial charge in [-0.15, -0.1) is 0 Å². The summed E-state index contributed by atoms with van der Waals surface area (Å²) < 4.78 is 10.7. The van der Waals surface area contributed by atoms with Crippen LogP contribution in [0.15, 0.2) is 24.3 Å². The molecular weight excluding hydrogens is 254 g/mol. The van der Waals surface area contributed by atoms with Gasteiger partial charge in [-0.2, -0.15) is 0 Å². The second-order valence-corrected chi connectivity index (χ2v) is 4.49. The number of benzene rings is 1. The SMILES string of the molecule is CCOc1ccc(/C=C/C(=O)NC(C)CC)cc1OC. The third-order valence-electron chi connectivity index (χ3n) is 2.92. The molecule has 1 atom stereocenters. The molecule has 1 rings (SSSR count). The topological polar surface area (TPSA) is 47.6 Å². The molecule has 1 aromatic rings. The second kappa shape index (κ2) is 8.25. The standard InChI is InChI=1S/C16H23NO3/c1-5-12(3)17-16(18)10-8-13-7-9-14(20-6-2)15(11-13)19-4/h7-12H,5-6H2,1-4H3,(H,17,18)/b10-8+. The van der Waals surface area contributed by atoms with Gasteiger partial charge in [-0.05, 0) is 44.0 Å². The van der Waals surface area contributed by atoms with Crippen LogP contribution < -0.4 is 14.8 Å². The monoisotopic (exact) mass is 277 g/mol. The molecule has 0 fully saturated rings. The normalized spacial score (nSPS) is 12.2. The third kappa shape index (κ3) is 4.96. The van der Waals surface area contributed by atoms with Crippen LogP contribution in [-0.2, 0) is 4.79 Å². The van der Waals surface area contributed by atoms with E-state index >= 15 is 0 Å². The van der Waals surface area contributed by atoms with Crippen LogP contribution in [0.2, 0.25) is 0 Å². The van der Waals surface area contributed by atoms with E-state index in [1.165, 1.54) is 6.08 Å². The zero-order valence-electron chi connectivity index (χ0n) is 12.6. The van der Waals surface area contributed by atoms with Crippen LogP contribution in [0.3, 0.4) is 0 Å². The number of carbonyl (C=O) groups excluding carboxylic acids is 1. The van der Waals surface area contributed by atoms with Gasteiger partial charge < -0.3 is 14.8 Å². The number of carbonyl (C=O) groups is 1. The van der Waals surface area contributed by atoms with Gasteiger partial charge in [0.1, 0.15) is 0 Å². The number of ether oxygens (including phenoxy) is 2. The first kappa shape index (κ1) is 16.1. The first-order valence-electron chi connectivity index (χ1n) is 6.90. The number of hydrogen-bond donors (Lipinski definition) is 1. The summed E-state index contributed by atoms with van der Waals surface area (Å²) in [4.78, 5) is 11.7. The molecule has 4 heteroatoms. The Labute approximate surface area is 120 Å². The number of hydrogen-bond acceptors (Lipinski definition) is 3. The highest BCUT2D eigenvalue weighted by atomic mass is 16.5. The van der Waals surface area contributed by atoms with Crippen molar-refractivity contribution in [2.24, 2.45) is 0 Å². The average Bonchev–Trinajstić information content (AvgIpc) is 2.46. The maximum atomic E-state index is 11.7. The predicted molar refractivity (Wildman–Crippen MR) is 81.1 cm³/mol. The lowest BCUT2D eigenvalue weighted by molar-refractivity contribution is -0.117. The van der Waals surface area contributed by atoms with Gasteiger partial charge in [0.2, 0.25) is 5.91 Å². The Hall–Kier alpha value is -1.97. The second-order valence-electron chi connectivity index (χ2n) is 4.49. The quantitative estimate of drug-likeness (QED) is 0.779. The van der Waals surface area contributed by atoms with Crippen LogP contribution in [0, 0.1) is 0 Å². The van der Waals surface area contributed by atoms with Crippen LogP contribution in [0.1, 0.15) is 32.8 Å². The molecule has 0 saturated heterocycles. The molecule has 1 unspecified atom stereocenters. The molecule has 0 aliphatic rings. The van der Waals surface area contributed by atoms with Crippen molar-refractivity contribution in [2.45, 2.75) is 33.2 Å². The molecule has 20 heavy (non-hydrogen) atoms. The summed E-state index contributed by atoms with van der Waals surface area (Å²) in [6.45, 7) is 6.52. The maximum absolute atomic E-state index is 11.7. The average molecular weight is 277 g/mol. The van der Waals surface area contributed by atoms with E-state index in [-0.39, 0.29) is 11.9 Å². The summed E-state index contributed by atoms with van der Waals surface area (Å²) >= 11 is 0. The summed E-state index contributed by atoms with van der Waals surface area (Å²) in [5.74, 6) is 1.28. The molecule has 0 bridgehead atoms. The highest BCUT2D eigenvalue weighted by Crippen LogP contribution is 2.28. The van der Waals surface area contributed by atoms with Crippen LogP contribution in [-0.4, -0.2) is 25.7 Å². The fourth-order valence-electron chi connectivity index (χ4n) is 1.63. The molecule has 4 nitrogen and oxygen atoms in total. The first-order chi connectivity index (χ1) is 9.60. The first-order valence-corrected chi connectivity index (χ1v) is 6.90. The third-order valence-corrected chi connectivity index (χ3v) is 2.92. The van der Waals surface area contributed by atoms with E-state index in [2.05, 4.69) is 5.32 Å². The zero-order chi connectivity index (χ0) is 15.0. The highest BCUT2D eigenvalue weighted by Gasteiger charge is 2.05. The fourth-order valence-corrected chi connectivity index (χ4v) is 1.63. The van der Waals surface area contributed by atoms with Crippen molar-refractivity contribution in [3.05, 3.63) is 29.8 Å². The van der Waals surface area contributed by atoms with Gasteiger partial charge in [0.05, 0.1) is 13.7 Å². The molecule has 110 valence electrons. The smallest absolute Gasteiger partial charge is 0.244 e. The molecule has 0 aromatic heterocycles. The van der Waals surface area contributed by atoms with Gasteiger partial charge in [0.15, 0.2) is 11.5 Å². The largest absolute Gasteiger partial charge is 0.493 e. The lowest BCUT2D eigenvalue weighted by Crippen LogP contribution is -2.30. The van der Waals surface area contributed by atoms with E-state index in [9.17, 15) is 4.79 Å². The molecule has 1 N–H and O–H groups in total. The van der Waals surface area contributed by atoms with Crippen LogP contribution >= 0.6 is 0 Å². The van der Waals surface area contributed by atoms with E-state index in [4.69, 9.17) is 9.47 Å². The molecule has 0 heterocycles. The van der Waals surface area contributed by atoms with E-state index in [0.717, 1.165) is 12.0 Å². The van der Waals surface area contributed by atoms with E-state index in [1.807, 2.05) is 39.0 Å². The molecule has 0 radical (unpaired) electrons. The van der Waals surface area contributed by atoms with Gasteiger partial charge in [-0.1, -0.05) is 13.0 Å². The van der Waals surface area contributed by atoms with Crippen molar-refractivity contribution in [3.8, 4) is 11.5 Å². The molecule has 0 aliphatic heterocycles. The van der Waals surface area contributed by atoms with Crippen molar-refractivity contribution in [2.75, 3.05) is 13.7 Å². The molecule has 1 aromatic carbocycles. The summed E-state index contributed by atoms with van der Waals surface area (Å²) in [5.41, 5.74) is 0.893. The number of methoxy groups -OCH3 is 1. The van der Waals surface area contributed by atoms with Gasteiger partial charge in [0.25, 0.3) is 0 Å². The Morgan fingerprint density at radius 3 is 2.70 bits per heavy atom. The molecular formula is C16H23NO3. The van der Waals surface area contributed by atoms with Gasteiger partial charge in [-0.25, -0.2) is 0 Å². The molecule has 0 aliphatic carbocycles. The van der Waals surface area contributed by atoms with Gasteiger partial charge >= 0.3 is 0 Å². The number of rotatable bonds is 7. The molecule has 1 amide bonds. The van der Waals surface area contributed by atoms with Crippen molar-refractivity contribution in [1.29, 1.82) is 0 Å². The number of nitrogens with one attached hydrogen (secondary N) is 1. The van der Waals surface area contributed by atoms with Crippen molar-refractivity contribution < 1.29 is 14.3 Å². The van der Waals surface area contributed by atoms with Crippen molar-refractivity contribution in [1.82, 2.24) is 5.32 Å². The summed E-state index contributed by atoms with van der Waals surface area (Å²) in [6.07, 6.45) is 4.20. The Morgan fingerprint density at radius 2 is 2.10 bits per heavy atom. The minimum atomic E-state index is -0.0906. The number of amides is 1. The minimum absolute atomic E-state index is 0.0906. The van der Waals surface area contributed by atoms with E-state index in [1.54, 1.807) is 13.2 Å². The van der Waals surface area contributed by atoms with Gasteiger partial charge in [0, 0.05) is 12.1 Å². The fraction of sp³-hybridized carbons (Fsp3) is 0.438. The summed E-state index contributed by atoms with van der Waals surface area (Å²) in [6, 6.07) is 5.76. The minimum Gasteiger partial charge on any atom is -0.493 e. The Bertz CT molecular complexity index is 469. The zero-order valence-corrected chi connectivity index (χ0v) is 12.6. The van der Waals surface area contributed by atoms with Crippen LogP contribution in [0.5, 0.6) is 11.5 Å². The van der Waals surface area contributed by atoms with Crippen molar-refractivity contribution >= 4 is 12.0 Å². The molecule has 0 saturated carbocycles. The van der Waals surface area contributed by atoms with Crippen LogP contribution in [0.4, 0.5) is 0 Å². The Kier molecular flexibility index (Phi) is 6.64. The Balaban J connectivity index is 2.75. The predicted octanol–water partition coefficient (Wildman–Crippen LogP) is 3.02. The lowest BCUT2D eigenvalue weighted by Gasteiger charge is -2.10. The molecule has 0 spiro atoms. The van der Waals surface area contributed by atoms with Crippen LogP contribution in [0.25, 0.3) is 6.08 Å². The Morgan fingerprint density at radius 1 is 1.35 bits per heavy atom. The summed E-state index contributed by atoms with van der Waals surface area (Å²) in [5, 5.41) is 2.88.